The second-order valence-corrected chi connectivity index (χ2v) is 7.79. The van der Waals surface area contributed by atoms with Crippen LogP contribution < -0.4 is 13.8 Å². The molecule has 10 heteroatoms. The molecule has 0 atom stereocenters. The molecule has 0 fully saturated rings. The molecule has 0 radical (unpaired) electrons. The number of rotatable bonds is 8. The molecule has 0 aliphatic carbocycles. The van der Waals surface area contributed by atoms with Crippen molar-refractivity contribution in [2.24, 2.45) is 0 Å². The Morgan fingerprint density at radius 3 is 2.37 bits per heavy atom. The quantitative estimate of drug-likeness (QED) is 0.682. The van der Waals surface area contributed by atoms with Crippen LogP contribution in [-0.4, -0.2) is 39.8 Å². The number of benzene rings is 2. The van der Waals surface area contributed by atoms with E-state index in [9.17, 15) is 18.3 Å². The summed E-state index contributed by atoms with van der Waals surface area (Å²) in [4.78, 5) is 11.0. The molecule has 0 saturated heterocycles. The maximum atomic E-state index is 13.2. The average Bonchev–Trinajstić information content (AvgIpc) is 2.62. The smallest absolute Gasteiger partial charge is 0.324 e. The lowest BCUT2D eigenvalue weighted by Gasteiger charge is -2.25. The maximum absolute atomic E-state index is 13.2. The molecule has 0 unspecified atom stereocenters. The lowest BCUT2D eigenvalue weighted by atomic mass is 10.3. The van der Waals surface area contributed by atoms with E-state index in [4.69, 9.17) is 32.7 Å². The van der Waals surface area contributed by atoms with Gasteiger partial charge in [0.25, 0.3) is 10.0 Å². The number of carboxylic acids is 1. The summed E-state index contributed by atoms with van der Waals surface area (Å²) in [6.07, 6.45) is 0. The van der Waals surface area contributed by atoms with E-state index in [1.807, 2.05) is 0 Å². The third-order valence-corrected chi connectivity index (χ3v) is 6.29. The molecule has 27 heavy (non-hydrogen) atoms. The largest absolute Gasteiger partial charge is 0.495 e. The van der Waals surface area contributed by atoms with Crippen molar-refractivity contribution >= 4 is 44.9 Å². The predicted molar refractivity (Wildman–Crippen MR) is 103 cm³/mol. The molecule has 0 aliphatic heterocycles. The minimum Gasteiger partial charge on any atom is -0.495 e. The number of aliphatic carboxylic acids is 1. The number of sulfonamides is 1. The van der Waals surface area contributed by atoms with Gasteiger partial charge in [-0.3, -0.25) is 9.10 Å². The van der Waals surface area contributed by atoms with Crippen molar-refractivity contribution < 1.29 is 27.8 Å². The van der Waals surface area contributed by atoms with Gasteiger partial charge in [0, 0.05) is 0 Å². The molecule has 7 nitrogen and oxygen atoms in total. The number of halogens is 2. The first-order valence-corrected chi connectivity index (χ1v) is 9.92. The third-order valence-electron chi connectivity index (χ3n) is 3.51. The Kier molecular flexibility index (Phi) is 6.80. The fraction of sp³-hybridized carbons (Fsp3) is 0.235. The van der Waals surface area contributed by atoms with E-state index in [0.29, 0.717) is 4.31 Å². The Morgan fingerprint density at radius 2 is 1.78 bits per heavy atom. The summed E-state index contributed by atoms with van der Waals surface area (Å²) in [5, 5.41) is 8.90. The summed E-state index contributed by atoms with van der Waals surface area (Å²) in [5.41, 5.74) is 0.0738. The van der Waals surface area contributed by atoms with Crippen LogP contribution in [0.1, 0.15) is 6.92 Å². The first kappa shape index (κ1) is 21.1. The molecular formula is C17H17Cl2NO6S. The van der Waals surface area contributed by atoms with Crippen LogP contribution in [-0.2, 0) is 14.8 Å². The molecule has 0 saturated carbocycles. The second kappa shape index (κ2) is 8.69. The second-order valence-electron chi connectivity index (χ2n) is 5.20. The highest BCUT2D eigenvalue weighted by molar-refractivity contribution is 7.93. The van der Waals surface area contributed by atoms with Gasteiger partial charge in [0.05, 0.1) is 24.4 Å². The number of hydrogen-bond donors (Lipinski definition) is 1. The van der Waals surface area contributed by atoms with Gasteiger partial charge in [-0.15, -0.1) is 0 Å². The molecule has 0 spiro atoms. The van der Waals surface area contributed by atoms with Crippen molar-refractivity contribution in [3.05, 3.63) is 46.4 Å². The highest BCUT2D eigenvalue weighted by Crippen LogP contribution is 2.40. The van der Waals surface area contributed by atoms with E-state index >= 15 is 0 Å². The molecule has 2 aromatic rings. The number of nitrogens with zero attached hydrogens (tertiary/aromatic N) is 1. The van der Waals surface area contributed by atoms with Crippen molar-refractivity contribution in [2.75, 3.05) is 24.6 Å². The Balaban J connectivity index is 2.67. The standard InChI is InChI=1S/C17H17Cl2NO6S/c1-3-26-12-7-5-4-6-11(12)20(10-15(21)22)27(23,24)14-9-8-13(25-2)16(18)17(14)19/h4-9H,3,10H2,1-2H3,(H,21,22). The number of hydrogen-bond acceptors (Lipinski definition) is 5. The lowest BCUT2D eigenvalue weighted by Crippen LogP contribution is -2.36. The van der Waals surface area contributed by atoms with Crippen LogP contribution in [0.2, 0.25) is 10.0 Å². The minimum absolute atomic E-state index is 0.0738. The zero-order valence-electron chi connectivity index (χ0n) is 14.5. The molecule has 146 valence electrons. The lowest BCUT2D eigenvalue weighted by molar-refractivity contribution is -0.135. The Morgan fingerprint density at radius 1 is 1.11 bits per heavy atom. The average molecular weight is 434 g/mol. The highest BCUT2D eigenvalue weighted by Gasteiger charge is 2.32. The number of ether oxygens (including phenoxy) is 2. The van der Waals surface area contributed by atoms with Gasteiger partial charge < -0.3 is 14.6 Å². The minimum atomic E-state index is -4.37. The molecular weight excluding hydrogens is 417 g/mol. The van der Waals surface area contributed by atoms with Gasteiger partial charge in [0.15, 0.2) is 0 Å². The van der Waals surface area contributed by atoms with Gasteiger partial charge >= 0.3 is 5.97 Å². The number of anilines is 1. The summed E-state index contributed by atoms with van der Waals surface area (Å²) < 4.78 is 37.6. The van der Waals surface area contributed by atoms with Crippen LogP contribution in [0.25, 0.3) is 0 Å². The van der Waals surface area contributed by atoms with Crippen molar-refractivity contribution in [3.63, 3.8) is 0 Å². The maximum Gasteiger partial charge on any atom is 0.324 e. The molecule has 0 heterocycles. The van der Waals surface area contributed by atoms with Gasteiger partial charge in [0.2, 0.25) is 0 Å². The fourth-order valence-electron chi connectivity index (χ4n) is 2.35. The van der Waals surface area contributed by atoms with Gasteiger partial charge in [-0.25, -0.2) is 8.42 Å². The van der Waals surface area contributed by atoms with Crippen molar-refractivity contribution in [1.82, 2.24) is 0 Å². The molecule has 0 amide bonds. The van der Waals surface area contributed by atoms with Gasteiger partial charge in [-0.2, -0.15) is 0 Å². The SMILES string of the molecule is CCOc1ccccc1N(CC(=O)O)S(=O)(=O)c1ccc(OC)c(Cl)c1Cl. The zero-order valence-corrected chi connectivity index (χ0v) is 16.8. The van der Waals surface area contributed by atoms with E-state index in [2.05, 4.69) is 0 Å². The normalized spacial score (nSPS) is 11.1. The van der Waals surface area contributed by atoms with E-state index < -0.39 is 22.5 Å². The van der Waals surface area contributed by atoms with Gasteiger partial charge in [0.1, 0.15) is 28.0 Å². The van der Waals surface area contributed by atoms with Crippen molar-refractivity contribution in [3.8, 4) is 11.5 Å². The Labute approximate surface area is 167 Å². The van der Waals surface area contributed by atoms with Crippen LogP contribution in [0, 0.1) is 0 Å². The van der Waals surface area contributed by atoms with Gasteiger partial charge in [-0.1, -0.05) is 35.3 Å². The number of para-hydroxylation sites is 2. The highest BCUT2D eigenvalue weighted by atomic mass is 35.5. The predicted octanol–water partition coefficient (Wildman–Crippen LogP) is 3.68. The number of methoxy groups -OCH3 is 1. The summed E-state index contributed by atoms with van der Waals surface area (Å²) in [5.74, 6) is -0.929. The van der Waals surface area contributed by atoms with Crippen LogP contribution in [0.15, 0.2) is 41.3 Å². The zero-order chi connectivity index (χ0) is 20.2. The van der Waals surface area contributed by atoms with E-state index in [1.54, 1.807) is 25.1 Å². The molecule has 2 rings (SSSR count). The number of carbonyl (C=O) groups is 1. The molecule has 2 aromatic carbocycles. The third kappa shape index (κ3) is 4.40. The van der Waals surface area contributed by atoms with Crippen LogP contribution in [0.5, 0.6) is 11.5 Å². The summed E-state index contributed by atoms with van der Waals surface area (Å²) in [7, 11) is -3.01. The van der Waals surface area contributed by atoms with E-state index in [0.717, 1.165) is 0 Å². The molecule has 0 bridgehead atoms. The first-order valence-electron chi connectivity index (χ1n) is 7.72. The molecule has 0 aromatic heterocycles. The van der Waals surface area contributed by atoms with E-state index in [-0.39, 0.29) is 38.7 Å². The first-order chi connectivity index (χ1) is 12.7. The van der Waals surface area contributed by atoms with Crippen LogP contribution in [0.3, 0.4) is 0 Å². The number of carboxylic acid groups (broad SMARTS) is 1. The van der Waals surface area contributed by atoms with Crippen LogP contribution in [0.4, 0.5) is 5.69 Å². The molecule has 1 N–H and O–H groups in total. The fourth-order valence-corrected chi connectivity index (χ4v) is 4.60. The van der Waals surface area contributed by atoms with Gasteiger partial charge in [-0.05, 0) is 31.2 Å². The Bertz CT molecular complexity index is 948. The van der Waals surface area contributed by atoms with Crippen molar-refractivity contribution in [1.29, 1.82) is 0 Å². The van der Waals surface area contributed by atoms with E-state index in [1.165, 1.54) is 25.3 Å². The van der Waals surface area contributed by atoms with Crippen LogP contribution >= 0.6 is 23.2 Å². The van der Waals surface area contributed by atoms with Crippen molar-refractivity contribution in [2.45, 2.75) is 11.8 Å². The monoisotopic (exact) mass is 433 g/mol. The summed E-state index contributed by atoms with van der Waals surface area (Å²) in [6.45, 7) is 1.17. The Hall–Kier alpha value is -2.16. The summed E-state index contributed by atoms with van der Waals surface area (Å²) >= 11 is 12.2. The molecule has 0 aliphatic rings. The topological polar surface area (TPSA) is 93.1 Å². The summed E-state index contributed by atoms with van der Waals surface area (Å²) in [6, 6.07) is 8.77.